The number of hydrogen-bond acceptors (Lipinski definition) is 5. The molecule has 3 rings (SSSR count). The van der Waals surface area contributed by atoms with Crippen molar-refractivity contribution in [3.05, 3.63) is 29.6 Å². The lowest BCUT2D eigenvalue weighted by Crippen LogP contribution is -2.54. The molecule has 2 fully saturated rings. The number of carbonyl (C=O) groups is 1. The molecule has 8 heteroatoms. The van der Waals surface area contributed by atoms with Crippen molar-refractivity contribution >= 4 is 18.7 Å². The van der Waals surface area contributed by atoms with Crippen molar-refractivity contribution in [1.29, 1.82) is 0 Å². The summed E-state index contributed by atoms with van der Waals surface area (Å²) in [5, 5.41) is 0. The van der Waals surface area contributed by atoms with Gasteiger partial charge in [0.05, 0.1) is 11.2 Å². The van der Waals surface area contributed by atoms with E-state index in [0.717, 1.165) is 0 Å². The van der Waals surface area contributed by atoms with Gasteiger partial charge in [0.2, 0.25) is 0 Å². The summed E-state index contributed by atoms with van der Waals surface area (Å²) in [7, 11) is -0.579. The summed E-state index contributed by atoms with van der Waals surface area (Å²) in [6, 6.07) is 5.30. The summed E-state index contributed by atoms with van der Waals surface area (Å²) in [6.45, 7) is 17.8. The van der Waals surface area contributed by atoms with Gasteiger partial charge in [-0.2, -0.15) is 0 Å². The highest BCUT2D eigenvalue weighted by molar-refractivity contribution is 6.62. The van der Waals surface area contributed by atoms with Gasteiger partial charge in [-0.05, 0) is 66.9 Å². The topological polar surface area (TPSA) is 51.2 Å². The number of nitrogens with zero attached hydrogens (tertiary/aromatic N) is 2. The molecule has 0 saturated carbocycles. The van der Waals surface area contributed by atoms with Crippen molar-refractivity contribution in [3.63, 3.8) is 0 Å². The zero-order chi connectivity index (χ0) is 23.2. The predicted molar refractivity (Wildman–Crippen MR) is 120 cm³/mol. The van der Waals surface area contributed by atoms with Gasteiger partial charge in [0.15, 0.2) is 0 Å². The van der Waals surface area contributed by atoms with Gasteiger partial charge in [0, 0.05) is 37.8 Å². The monoisotopic (exact) mass is 434 g/mol. The maximum absolute atomic E-state index is 14.9. The standard InChI is InChI=1S/C23H36BFN2O4/c1-16-14-27(20(28)29-21(2,3)4)12-11-26(16)15-17-9-10-18(13-19(17)25)24-30-22(5,6)23(7,8)31-24/h9-10,13,16H,11-12,14-15H2,1-8H3. The van der Waals surface area contributed by atoms with Crippen LogP contribution in [0.1, 0.15) is 61.0 Å². The third-order valence-corrected chi connectivity index (χ3v) is 6.39. The molecule has 31 heavy (non-hydrogen) atoms. The van der Waals surface area contributed by atoms with Gasteiger partial charge < -0.3 is 18.9 Å². The smallest absolute Gasteiger partial charge is 0.444 e. The lowest BCUT2D eigenvalue weighted by atomic mass is 9.78. The van der Waals surface area contributed by atoms with Crippen molar-refractivity contribution in [2.75, 3.05) is 19.6 Å². The molecule has 2 heterocycles. The maximum atomic E-state index is 14.9. The van der Waals surface area contributed by atoms with E-state index in [2.05, 4.69) is 4.90 Å². The molecule has 1 aromatic carbocycles. The summed E-state index contributed by atoms with van der Waals surface area (Å²) >= 11 is 0. The molecule has 0 bridgehead atoms. The van der Waals surface area contributed by atoms with Gasteiger partial charge in [-0.25, -0.2) is 9.18 Å². The minimum atomic E-state index is -0.579. The molecule has 2 saturated heterocycles. The van der Waals surface area contributed by atoms with Crippen LogP contribution in [-0.2, 0) is 20.6 Å². The first-order valence-electron chi connectivity index (χ1n) is 11.0. The molecule has 172 valence electrons. The molecule has 1 aromatic rings. The van der Waals surface area contributed by atoms with Crippen LogP contribution < -0.4 is 5.46 Å². The van der Waals surface area contributed by atoms with E-state index in [-0.39, 0.29) is 18.0 Å². The second-order valence-electron chi connectivity index (χ2n) is 10.7. The van der Waals surface area contributed by atoms with E-state index in [1.54, 1.807) is 4.90 Å². The molecule has 1 atom stereocenters. The fraction of sp³-hybridized carbons (Fsp3) is 0.696. The van der Waals surface area contributed by atoms with E-state index < -0.39 is 23.9 Å². The normalized spacial score (nSPS) is 23.8. The van der Waals surface area contributed by atoms with Crippen molar-refractivity contribution in [2.24, 2.45) is 0 Å². The Morgan fingerprint density at radius 1 is 1.19 bits per heavy atom. The fourth-order valence-corrected chi connectivity index (χ4v) is 3.76. The number of piperazine rings is 1. The first-order chi connectivity index (χ1) is 14.2. The predicted octanol–water partition coefficient (Wildman–Crippen LogP) is 3.57. The number of ether oxygens (including phenoxy) is 1. The van der Waals surface area contributed by atoms with Crippen LogP contribution in [0.5, 0.6) is 0 Å². The summed E-state index contributed by atoms with van der Waals surface area (Å²) in [5.74, 6) is -0.269. The van der Waals surface area contributed by atoms with Crippen molar-refractivity contribution < 1.29 is 23.2 Å². The van der Waals surface area contributed by atoms with Crippen LogP contribution in [0.2, 0.25) is 0 Å². The van der Waals surface area contributed by atoms with Crippen LogP contribution in [0.15, 0.2) is 18.2 Å². The average molecular weight is 434 g/mol. The first-order valence-corrected chi connectivity index (χ1v) is 11.0. The van der Waals surface area contributed by atoms with E-state index in [9.17, 15) is 9.18 Å². The number of rotatable bonds is 3. The largest absolute Gasteiger partial charge is 0.494 e. The summed E-state index contributed by atoms with van der Waals surface area (Å²) in [4.78, 5) is 16.2. The summed E-state index contributed by atoms with van der Waals surface area (Å²) in [6.07, 6.45) is -0.294. The zero-order valence-corrected chi connectivity index (χ0v) is 20.1. The van der Waals surface area contributed by atoms with Crippen LogP contribution in [0.25, 0.3) is 0 Å². The van der Waals surface area contributed by atoms with Gasteiger partial charge in [0.25, 0.3) is 0 Å². The van der Waals surface area contributed by atoms with E-state index in [1.807, 2.05) is 67.5 Å². The molecule has 1 amide bonds. The minimum Gasteiger partial charge on any atom is -0.444 e. The molecular weight excluding hydrogens is 398 g/mol. The molecule has 0 spiro atoms. The number of hydrogen-bond donors (Lipinski definition) is 0. The molecule has 1 unspecified atom stereocenters. The van der Waals surface area contributed by atoms with Gasteiger partial charge >= 0.3 is 13.2 Å². The summed E-state index contributed by atoms with van der Waals surface area (Å²) < 4.78 is 32.5. The number of halogens is 1. The Morgan fingerprint density at radius 3 is 2.32 bits per heavy atom. The Balaban J connectivity index is 1.62. The zero-order valence-electron chi connectivity index (χ0n) is 20.1. The van der Waals surface area contributed by atoms with Crippen molar-refractivity contribution in [1.82, 2.24) is 9.80 Å². The second-order valence-corrected chi connectivity index (χ2v) is 10.7. The van der Waals surface area contributed by atoms with E-state index in [4.69, 9.17) is 14.0 Å². The van der Waals surface area contributed by atoms with Crippen LogP contribution >= 0.6 is 0 Å². The lowest BCUT2D eigenvalue weighted by molar-refractivity contribution is 0.00446. The van der Waals surface area contributed by atoms with Gasteiger partial charge in [-0.3, -0.25) is 4.90 Å². The van der Waals surface area contributed by atoms with Crippen LogP contribution in [0.4, 0.5) is 9.18 Å². The highest BCUT2D eigenvalue weighted by Crippen LogP contribution is 2.36. The first kappa shape index (κ1) is 24.0. The molecule has 2 aliphatic heterocycles. The van der Waals surface area contributed by atoms with E-state index in [0.29, 0.717) is 37.2 Å². The lowest BCUT2D eigenvalue weighted by Gasteiger charge is -2.40. The number of amides is 1. The average Bonchev–Trinajstić information content (AvgIpc) is 2.84. The molecule has 2 aliphatic rings. The van der Waals surface area contributed by atoms with Gasteiger partial charge in [0.1, 0.15) is 11.4 Å². The Morgan fingerprint density at radius 2 is 1.81 bits per heavy atom. The third-order valence-electron chi connectivity index (χ3n) is 6.39. The van der Waals surface area contributed by atoms with Gasteiger partial charge in [-0.15, -0.1) is 0 Å². The van der Waals surface area contributed by atoms with Crippen LogP contribution in [-0.4, -0.2) is 65.5 Å². The molecular formula is C23H36BFN2O4. The SMILES string of the molecule is CC1CN(C(=O)OC(C)(C)C)CCN1Cc1ccc(B2OC(C)(C)C(C)(C)O2)cc1F. The van der Waals surface area contributed by atoms with Crippen LogP contribution in [0.3, 0.4) is 0 Å². The fourth-order valence-electron chi connectivity index (χ4n) is 3.76. The number of benzene rings is 1. The van der Waals surface area contributed by atoms with Gasteiger partial charge in [-0.1, -0.05) is 12.1 Å². The van der Waals surface area contributed by atoms with E-state index >= 15 is 0 Å². The highest BCUT2D eigenvalue weighted by atomic mass is 19.1. The quantitative estimate of drug-likeness (QED) is 0.681. The Kier molecular flexibility index (Phi) is 6.49. The third kappa shape index (κ3) is 5.41. The maximum Gasteiger partial charge on any atom is 0.494 e. The Hall–Kier alpha value is -1.64. The Bertz CT molecular complexity index is 808. The molecule has 0 N–H and O–H groups in total. The minimum absolute atomic E-state index is 0.100. The van der Waals surface area contributed by atoms with E-state index in [1.165, 1.54) is 6.07 Å². The summed E-state index contributed by atoms with van der Waals surface area (Å²) in [5.41, 5.74) is -0.133. The highest BCUT2D eigenvalue weighted by Gasteiger charge is 2.51. The molecule has 0 aliphatic carbocycles. The molecule has 0 aromatic heterocycles. The molecule has 0 radical (unpaired) electrons. The van der Waals surface area contributed by atoms with Crippen molar-refractivity contribution in [3.8, 4) is 0 Å². The number of carbonyl (C=O) groups excluding carboxylic acids is 1. The molecule has 6 nitrogen and oxygen atoms in total. The van der Waals surface area contributed by atoms with Crippen LogP contribution in [0, 0.1) is 5.82 Å². The second kappa shape index (κ2) is 8.37. The van der Waals surface area contributed by atoms with Crippen molar-refractivity contribution in [2.45, 2.75) is 84.8 Å². The Labute approximate surface area is 186 Å².